The molecule has 1 saturated heterocycles. The average molecular weight is 354 g/mol. The number of aryl methyl sites for hydroxylation is 2. The molecular formula is C20H26N4O2. The van der Waals surface area contributed by atoms with Crippen molar-refractivity contribution in [2.45, 2.75) is 46.0 Å². The van der Waals surface area contributed by atoms with Crippen molar-refractivity contribution in [1.29, 1.82) is 0 Å². The second kappa shape index (κ2) is 7.72. The van der Waals surface area contributed by atoms with E-state index in [0.29, 0.717) is 11.5 Å². The standard InChI is InChI=1S/C20H26N4O2/c1-4-15-12-21-23-19(15)16-7-9-24(10-8-16)20(26)18-6-5-17(11-13(18)2)22-14(3)25/h5-6,11-12,16H,4,7-10H2,1-3H3,(H,21,23)(H,22,25). The summed E-state index contributed by atoms with van der Waals surface area (Å²) in [6, 6.07) is 5.44. The highest BCUT2D eigenvalue weighted by atomic mass is 16.2. The van der Waals surface area contributed by atoms with Crippen LogP contribution in [-0.2, 0) is 11.2 Å². The van der Waals surface area contributed by atoms with E-state index in [4.69, 9.17) is 0 Å². The molecule has 1 aliphatic rings. The molecule has 1 aliphatic heterocycles. The van der Waals surface area contributed by atoms with Gasteiger partial charge in [0.25, 0.3) is 5.91 Å². The maximum absolute atomic E-state index is 12.9. The third kappa shape index (κ3) is 3.79. The SMILES string of the molecule is CCc1cn[nH]c1C1CCN(C(=O)c2ccc(NC(C)=O)cc2C)CC1. The number of nitrogens with zero attached hydrogens (tertiary/aromatic N) is 2. The summed E-state index contributed by atoms with van der Waals surface area (Å²) in [5.74, 6) is 0.395. The van der Waals surface area contributed by atoms with E-state index >= 15 is 0 Å². The van der Waals surface area contributed by atoms with Gasteiger partial charge in [0, 0.05) is 42.9 Å². The lowest BCUT2D eigenvalue weighted by atomic mass is 9.90. The molecule has 0 aliphatic carbocycles. The Kier molecular flexibility index (Phi) is 5.40. The smallest absolute Gasteiger partial charge is 0.254 e. The quantitative estimate of drug-likeness (QED) is 0.884. The minimum atomic E-state index is -0.115. The first-order valence-electron chi connectivity index (χ1n) is 9.19. The number of amides is 2. The number of aromatic amines is 1. The summed E-state index contributed by atoms with van der Waals surface area (Å²) in [6.07, 6.45) is 4.78. The van der Waals surface area contributed by atoms with E-state index in [2.05, 4.69) is 22.4 Å². The Morgan fingerprint density at radius 3 is 2.65 bits per heavy atom. The molecule has 6 heteroatoms. The normalized spacial score (nSPS) is 15.1. The number of hydrogen-bond acceptors (Lipinski definition) is 3. The summed E-state index contributed by atoms with van der Waals surface area (Å²) in [4.78, 5) is 26.0. The zero-order valence-corrected chi connectivity index (χ0v) is 15.6. The molecule has 0 spiro atoms. The van der Waals surface area contributed by atoms with Gasteiger partial charge in [0.2, 0.25) is 5.91 Å². The lowest BCUT2D eigenvalue weighted by molar-refractivity contribution is -0.114. The molecule has 2 aromatic rings. The number of piperidine rings is 1. The number of carbonyl (C=O) groups excluding carboxylic acids is 2. The third-order valence-corrected chi connectivity index (χ3v) is 5.10. The minimum absolute atomic E-state index is 0.0654. The van der Waals surface area contributed by atoms with Crippen LogP contribution in [-0.4, -0.2) is 40.0 Å². The van der Waals surface area contributed by atoms with E-state index in [0.717, 1.165) is 43.6 Å². The van der Waals surface area contributed by atoms with Crippen LogP contribution in [0.25, 0.3) is 0 Å². The van der Waals surface area contributed by atoms with E-state index in [1.165, 1.54) is 18.2 Å². The summed E-state index contributed by atoms with van der Waals surface area (Å²) in [5, 5.41) is 10.1. The fraction of sp³-hybridized carbons (Fsp3) is 0.450. The molecule has 1 fully saturated rings. The third-order valence-electron chi connectivity index (χ3n) is 5.10. The number of nitrogens with one attached hydrogen (secondary N) is 2. The zero-order valence-electron chi connectivity index (χ0n) is 15.6. The predicted octanol–water partition coefficient (Wildman–Crippen LogP) is 3.26. The molecule has 26 heavy (non-hydrogen) atoms. The largest absolute Gasteiger partial charge is 0.339 e. The van der Waals surface area contributed by atoms with Gasteiger partial charge >= 0.3 is 0 Å². The van der Waals surface area contributed by atoms with Crippen LogP contribution in [0.2, 0.25) is 0 Å². The lowest BCUT2D eigenvalue weighted by Crippen LogP contribution is -2.38. The van der Waals surface area contributed by atoms with Gasteiger partial charge in [0.05, 0.1) is 6.20 Å². The van der Waals surface area contributed by atoms with Crippen molar-refractivity contribution in [3.8, 4) is 0 Å². The van der Waals surface area contributed by atoms with Crippen LogP contribution >= 0.6 is 0 Å². The average Bonchev–Trinajstić information content (AvgIpc) is 3.09. The highest BCUT2D eigenvalue weighted by Gasteiger charge is 2.27. The topological polar surface area (TPSA) is 78.1 Å². The van der Waals surface area contributed by atoms with Gasteiger partial charge in [0.15, 0.2) is 0 Å². The van der Waals surface area contributed by atoms with Crippen LogP contribution in [0.5, 0.6) is 0 Å². The van der Waals surface area contributed by atoms with Crippen LogP contribution in [0.1, 0.15) is 59.8 Å². The number of rotatable bonds is 4. The Balaban J connectivity index is 1.66. The highest BCUT2D eigenvalue weighted by Crippen LogP contribution is 2.30. The van der Waals surface area contributed by atoms with E-state index < -0.39 is 0 Å². The Morgan fingerprint density at radius 2 is 2.04 bits per heavy atom. The van der Waals surface area contributed by atoms with Crippen molar-refractivity contribution in [3.63, 3.8) is 0 Å². The molecule has 3 rings (SSSR count). The first-order chi connectivity index (χ1) is 12.5. The molecule has 0 unspecified atom stereocenters. The van der Waals surface area contributed by atoms with Crippen molar-refractivity contribution in [2.24, 2.45) is 0 Å². The van der Waals surface area contributed by atoms with Gasteiger partial charge in [-0.15, -0.1) is 0 Å². The van der Waals surface area contributed by atoms with Crippen molar-refractivity contribution in [2.75, 3.05) is 18.4 Å². The second-order valence-corrected chi connectivity index (χ2v) is 6.94. The van der Waals surface area contributed by atoms with Crippen LogP contribution in [0.4, 0.5) is 5.69 Å². The van der Waals surface area contributed by atoms with Crippen molar-refractivity contribution in [1.82, 2.24) is 15.1 Å². The van der Waals surface area contributed by atoms with Crippen LogP contribution in [0.3, 0.4) is 0 Å². The molecule has 138 valence electrons. The zero-order chi connectivity index (χ0) is 18.7. The Hall–Kier alpha value is -2.63. The summed E-state index contributed by atoms with van der Waals surface area (Å²) < 4.78 is 0. The maximum Gasteiger partial charge on any atom is 0.254 e. The molecule has 1 aromatic carbocycles. The molecule has 0 atom stereocenters. The molecule has 0 bridgehead atoms. The number of carbonyl (C=O) groups is 2. The molecule has 2 heterocycles. The summed E-state index contributed by atoms with van der Waals surface area (Å²) in [6.45, 7) is 7.02. The van der Waals surface area contributed by atoms with E-state index in [-0.39, 0.29) is 11.8 Å². The maximum atomic E-state index is 12.9. The van der Waals surface area contributed by atoms with Gasteiger partial charge in [-0.1, -0.05) is 6.92 Å². The number of aromatic nitrogens is 2. The van der Waals surface area contributed by atoms with E-state index in [9.17, 15) is 9.59 Å². The van der Waals surface area contributed by atoms with Crippen molar-refractivity contribution >= 4 is 17.5 Å². The number of H-pyrrole nitrogens is 1. The van der Waals surface area contributed by atoms with Crippen LogP contribution in [0, 0.1) is 6.92 Å². The molecule has 6 nitrogen and oxygen atoms in total. The molecule has 0 saturated carbocycles. The second-order valence-electron chi connectivity index (χ2n) is 6.94. The van der Waals surface area contributed by atoms with Gasteiger partial charge in [-0.05, 0) is 55.5 Å². The lowest BCUT2D eigenvalue weighted by Gasteiger charge is -2.32. The monoisotopic (exact) mass is 354 g/mol. The van der Waals surface area contributed by atoms with Gasteiger partial charge in [-0.25, -0.2) is 0 Å². The van der Waals surface area contributed by atoms with Gasteiger partial charge in [-0.3, -0.25) is 14.7 Å². The molecule has 1 aromatic heterocycles. The Bertz CT molecular complexity index is 804. The highest BCUT2D eigenvalue weighted by molar-refractivity contribution is 5.97. The summed E-state index contributed by atoms with van der Waals surface area (Å²) >= 11 is 0. The number of hydrogen-bond donors (Lipinski definition) is 2. The Labute approximate surface area is 154 Å². The first-order valence-corrected chi connectivity index (χ1v) is 9.19. The summed E-state index contributed by atoms with van der Waals surface area (Å²) in [5.41, 5.74) is 4.81. The van der Waals surface area contributed by atoms with Gasteiger partial charge < -0.3 is 10.2 Å². The number of likely N-dealkylation sites (tertiary alicyclic amines) is 1. The minimum Gasteiger partial charge on any atom is -0.339 e. The fourth-order valence-electron chi connectivity index (χ4n) is 3.68. The van der Waals surface area contributed by atoms with Crippen LogP contribution < -0.4 is 5.32 Å². The fourth-order valence-corrected chi connectivity index (χ4v) is 3.68. The van der Waals surface area contributed by atoms with Crippen molar-refractivity contribution in [3.05, 3.63) is 46.8 Å². The summed E-state index contributed by atoms with van der Waals surface area (Å²) in [7, 11) is 0. The molecule has 2 N–H and O–H groups in total. The predicted molar refractivity (Wildman–Crippen MR) is 101 cm³/mol. The number of anilines is 1. The Morgan fingerprint density at radius 1 is 1.31 bits per heavy atom. The van der Waals surface area contributed by atoms with Gasteiger partial charge in [0.1, 0.15) is 0 Å². The first kappa shape index (κ1) is 18.2. The molecular weight excluding hydrogens is 328 g/mol. The van der Waals surface area contributed by atoms with Crippen molar-refractivity contribution < 1.29 is 9.59 Å². The molecule has 2 amide bonds. The molecule has 0 radical (unpaired) electrons. The van der Waals surface area contributed by atoms with E-state index in [1.54, 1.807) is 12.1 Å². The van der Waals surface area contributed by atoms with E-state index in [1.807, 2.05) is 24.1 Å². The number of benzene rings is 1. The van der Waals surface area contributed by atoms with Gasteiger partial charge in [-0.2, -0.15) is 5.10 Å². The van der Waals surface area contributed by atoms with Crippen LogP contribution in [0.15, 0.2) is 24.4 Å².